The van der Waals surface area contributed by atoms with E-state index in [2.05, 4.69) is 209 Å². The van der Waals surface area contributed by atoms with Crippen molar-refractivity contribution in [2.75, 3.05) is 4.90 Å². The largest absolute Gasteiger partial charge is 0.309 e. The third-order valence-electron chi connectivity index (χ3n) is 12.7. The molecule has 2 aliphatic carbocycles. The predicted octanol–water partition coefficient (Wildman–Crippen LogP) is 14.9. The molecule has 11 rings (SSSR count). The molecule has 0 spiro atoms. The second-order valence-electron chi connectivity index (χ2n) is 16.5. The van der Waals surface area contributed by atoms with E-state index in [-0.39, 0.29) is 10.8 Å². The number of anilines is 3. The highest BCUT2D eigenvalue weighted by molar-refractivity contribution is 6.10. The van der Waals surface area contributed by atoms with Crippen LogP contribution in [0, 0.1) is 0 Å². The molecule has 1 nitrogen and oxygen atoms in total. The Labute approximate surface area is 323 Å². The Kier molecular flexibility index (Phi) is 6.72. The van der Waals surface area contributed by atoms with Crippen molar-refractivity contribution < 1.29 is 0 Å². The molecule has 0 saturated heterocycles. The Hall–Kier alpha value is -6.44. The van der Waals surface area contributed by atoms with Gasteiger partial charge in [-0.25, -0.2) is 0 Å². The summed E-state index contributed by atoms with van der Waals surface area (Å²) in [5.74, 6) is 0. The molecule has 0 aliphatic heterocycles. The van der Waals surface area contributed by atoms with Crippen molar-refractivity contribution in [2.24, 2.45) is 0 Å². The zero-order valence-electron chi connectivity index (χ0n) is 31.7. The fourth-order valence-electron chi connectivity index (χ4n) is 10.2. The molecule has 1 heteroatoms. The van der Waals surface area contributed by atoms with Gasteiger partial charge in [0.1, 0.15) is 0 Å². The van der Waals surface area contributed by atoms with Crippen molar-refractivity contribution >= 4 is 49.4 Å². The molecule has 0 fully saturated rings. The van der Waals surface area contributed by atoms with Crippen molar-refractivity contribution in [2.45, 2.75) is 38.5 Å². The van der Waals surface area contributed by atoms with Crippen molar-refractivity contribution in [1.29, 1.82) is 0 Å². The first kappa shape index (κ1) is 32.0. The third kappa shape index (κ3) is 4.53. The van der Waals surface area contributed by atoms with Crippen molar-refractivity contribution in [1.82, 2.24) is 0 Å². The highest BCUT2D eigenvalue weighted by Crippen LogP contribution is 2.60. The third-order valence-corrected chi connectivity index (χ3v) is 12.7. The number of rotatable bonds is 4. The van der Waals surface area contributed by atoms with Gasteiger partial charge in [-0.3, -0.25) is 0 Å². The Morgan fingerprint density at radius 3 is 1.35 bits per heavy atom. The first-order chi connectivity index (χ1) is 26.8. The van der Waals surface area contributed by atoms with Gasteiger partial charge in [-0.2, -0.15) is 0 Å². The van der Waals surface area contributed by atoms with Gasteiger partial charge in [0.15, 0.2) is 0 Å². The second-order valence-corrected chi connectivity index (χ2v) is 16.5. The van der Waals surface area contributed by atoms with Crippen LogP contribution < -0.4 is 4.90 Å². The highest BCUT2D eigenvalue weighted by Gasteiger charge is 2.42. The first-order valence-electron chi connectivity index (χ1n) is 19.5. The summed E-state index contributed by atoms with van der Waals surface area (Å²) >= 11 is 0. The Balaban J connectivity index is 1.25. The standard InChI is InChI=1S/C54H41N/c1-53(2)45-23-13-11-21-43(45)49-47(32-38-17-7-9-19-41(38)51(49)53)55(40-29-27-35(28-30-40)37-26-25-34-15-5-6-16-36(34)31-37)48-33-39-18-8-10-20-42(39)52-50(48)44-22-12-14-24-46(44)54(52,3)4/h5-33H,1-4H3. The van der Waals surface area contributed by atoms with Crippen molar-refractivity contribution in [3.05, 3.63) is 198 Å². The van der Waals surface area contributed by atoms with Gasteiger partial charge in [-0.1, -0.05) is 173 Å². The monoisotopic (exact) mass is 703 g/mol. The van der Waals surface area contributed by atoms with E-state index < -0.39 is 0 Å². The Morgan fingerprint density at radius 2 is 0.800 bits per heavy atom. The molecule has 0 radical (unpaired) electrons. The summed E-state index contributed by atoms with van der Waals surface area (Å²) in [5, 5.41) is 7.68. The molecule has 0 bridgehead atoms. The molecule has 9 aromatic rings. The second kappa shape index (κ2) is 11.5. The van der Waals surface area contributed by atoms with Gasteiger partial charge >= 0.3 is 0 Å². The SMILES string of the molecule is CC1(C)c2ccccc2-c2c(N(c3ccc(-c4ccc5ccccc5c4)cc3)c3cc4ccccc4c4c3-c3ccccc3C4(C)C)cc3ccccc3c21. The molecule has 0 amide bonds. The van der Waals surface area contributed by atoms with E-state index in [9.17, 15) is 0 Å². The number of nitrogens with zero attached hydrogens (tertiary/aromatic N) is 1. The van der Waals surface area contributed by atoms with Gasteiger partial charge in [0.05, 0.1) is 11.4 Å². The van der Waals surface area contributed by atoms with Gasteiger partial charge in [0, 0.05) is 27.6 Å². The molecule has 0 atom stereocenters. The van der Waals surface area contributed by atoms with Gasteiger partial charge in [0.2, 0.25) is 0 Å². The summed E-state index contributed by atoms with van der Waals surface area (Å²) < 4.78 is 0. The van der Waals surface area contributed by atoms with Crippen LogP contribution in [-0.2, 0) is 10.8 Å². The first-order valence-corrected chi connectivity index (χ1v) is 19.5. The highest BCUT2D eigenvalue weighted by atomic mass is 15.1. The van der Waals surface area contributed by atoms with E-state index in [1.165, 1.54) is 99.3 Å². The Bertz CT molecular complexity index is 2890. The number of hydrogen-bond acceptors (Lipinski definition) is 1. The van der Waals surface area contributed by atoms with Crippen LogP contribution in [0.5, 0.6) is 0 Å². The average Bonchev–Trinajstić information content (AvgIpc) is 3.62. The lowest BCUT2D eigenvalue weighted by molar-refractivity contribution is 0.666. The molecular weight excluding hydrogens is 663 g/mol. The topological polar surface area (TPSA) is 3.24 Å². The predicted molar refractivity (Wildman–Crippen MR) is 234 cm³/mol. The zero-order valence-corrected chi connectivity index (χ0v) is 31.7. The molecule has 0 aromatic heterocycles. The molecule has 55 heavy (non-hydrogen) atoms. The zero-order chi connectivity index (χ0) is 37.1. The van der Waals surface area contributed by atoms with E-state index in [4.69, 9.17) is 0 Å². The molecule has 2 aliphatic rings. The summed E-state index contributed by atoms with van der Waals surface area (Å²) in [6.45, 7) is 9.62. The van der Waals surface area contributed by atoms with Gasteiger partial charge < -0.3 is 4.90 Å². The molecule has 0 N–H and O–H groups in total. The lowest BCUT2D eigenvalue weighted by Crippen LogP contribution is -2.18. The normalized spacial score (nSPS) is 14.5. The maximum absolute atomic E-state index is 2.59. The molecule has 9 aromatic carbocycles. The molecule has 0 unspecified atom stereocenters. The van der Waals surface area contributed by atoms with Gasteiger partial charge in [-0.15, -0.1) is 0 Å². The van der Waals surface area contributed by atoms with E-state index in [0.29, 0.717) is 0 Å². The van der Waals surface area contributed by atoms with Crippen LogP contribution in [0.15, 0.2) is 176 Å². The minimum Gasteiger partial charge on any atom is -0.309 e. The van der Waals surface area contributed by atoms with Crippen LogP contribution in [0.1, 0.15) is 49.9 Å². The summed E-state index contributed by atoms with van der Waals surface area (Å²) in [6.07, 6.45) is 0. The lowest BCUT2D eigenvalue weighted by Gasteiger charge is -2.33. The summed E-state index contributed by atoms with van der Waals surface area (Å²) in [6, 6.07) is 65.8. The summed E-state index contributed by atoms with van der Waals surface area (Å²) in [7, 11) is 0. The maximum atomic E-state index is 2.59. The molecular formula is C54H41N. The van der Waals surface area contributed by atoms with Gasteiger partial charge in [0.25, 0.3) is 0 Å². The fraction of sp³-hybridized carbons (Fsp3) is 0.111. The van der Waals surface area contributed by atoms with E-state index in [0.717, 1.165) is 5.69 Å². The van der Waals surface area contributed by atoms with Crippen molar-refractivity contribution in [3.63, 3.8) is 0 Å². The van der Waals surface area contributed by atoms with Crippen LogP contribution in [-0.4, -0.2) is 0 Å². The van der Waals surface area contributed by atoms with Gasteiger partial charge in [-0.05, 0) is 107 Å². The Morgan fingerprint density at radius 1 is 0.364 bits per heavy atom. The maximum Gasteiger partial charge on any atom is 0.0549 e. The fourth-order valence-corrected chi connectivity index (χ4v) is 10.2. The van der Waals surface area contributed by atoms with Crippen LogP contribution in [0.3, 0.4) is 0 Å². The van der Waals surface area contributed by atoms with Crippen molar-refractivity contribution in [3.8, 4) is 33.4 Å². The number of fused-ring (bicyclic) bond motifs is 11. The van der Waals surface area contributed by atoms with E-state index in [1.54, 1.807) is 0 Å². The summed E-state index contributed by atoms with van der Waals surface area (Å²) in [4.78, 5) is 2.59. The van der Waals surface area contributed by atoms with Crippen LogP contribution in [0.4, 0.5) is 17.1 Å². The number of benzene rings is 9. The van der Waals surface area contributed by atoms with Crippen LogP contribution in [0.25, 0.3) is 65.7 Å². The average molecular weight is 704 g/mol. The minimum atomic E-state index is -0.174. The smallest absolute Gasteiger partial charge is 0.0549 e. The quantitative estimate of drug-likeness (QED) is 0.176. The van der Waals surface area contributed by atoms with E-state index in [1.807, 2.05) is 0 Å². The molecule has 262 valence electrons. The van der Waals surface area contributed by atoms with Crippen LogP contribution in [0.2, 0.25) is 0 Å². The van der Waals surface area contributed by atoms with Crippen LogP contribution >= 0.6 is 0 Å². The van der Waals surface area contributed by atoms with E-state index >= 15 is 0 Å². The molecule has 0 heterocycles. The summed E-state index contributed by atoms with van der Waals surface area (Å²) in [5.41, 5.74) is 16.5. The minimum absolute atomic E-state index is 0.174. The number of hydrogen-bond donors (Lipinski definition) is 0. The molecule has 0 saturated carbocycles. The lowest BCUT2D eigenvalue weighted by atomic mass is 9.79.